The Kier molecular flexibility index (Phi) is 12.1. The molecule has 210 valence electrons. The van der Waals surface area contributed by atoms with Crippen molar-refractivity contribution in [2.24, 2.45) is 0 Å². The Labute approximate surface area is 233 Å². The third kappa shape index (κ3) is 8.44. The van der Waals surface area contributed by atoms with Crippen molar-refractivity contribution in [2.75, 3.05) is 18.5 Å². The van der Waals surface area contributed by atoms with Gasteiger partial charge in [0.1, 0.15) is 0 Å². The SMILES string of the molecule is CCCCCCCCCC(=O)Nc1cccc(C2NC(=O)N(CCC)C(c3ccccc3)=C2C(=O)OCC)c1. The molecule has 0 saturated carbocycles. The number of hydrogen-bond acceptors (Lipinski definition) is 4. The van der Waals surface area contributed by atoms with Gasteiger partial charge in [-0.25, -0.2) is 9.59 Å². The smallest absolute Gasteiger partial charge is 0.338 e. The van der Waals surface area contributed by atoms with Gasteiger partial charge in [-0.1, -0.05) is 94.8 Å². The van der Waals surface area contributed by atoms with Gasteiger partial charge in [-0.3, -0.25) is 9.69 Å². The summed E-state index contributed by atoms with van der Waals surface area (Å²) in [5.41, 5.74) is 3.04. The van der Waals surface area contributed by atoms with Crippen LogP contribution in [0.4, 0.5) is 10.5 Å². The summed E-state index contributed by atoms with van der Waals surface area (Å²) in [6.07, 6.45) is 9.25. The van der Waals surface area contributed by atoms with E-state index in [1.807, 2.05) is 61.5 Å². The van der Waals surface area contributed by atoms with E-state index in [2.05, 4.69) is 17.6 Å². The molecule has 0 bridgehead atoms. The maximum Gasteiger partial charge on any atom is 0.338 e. The highest BCUT2D eigenvalue weighted by molar-refractivity contribution is 6.04. The van der Waals surface area contributed by atoms with Gasteiger partial charge in [0, 0.05) is 18.7 Å². The molecule has 7 nitrogen and oxygen atoms in total. The Bertz CT molecular complexity index is 1130. The molecule has 0 radical (unpaired) electrons. The molecule has 0 saturated heterocycles. The van der Waals surface area contributed by atoms with Gasteiger partial charge >= 0.3 is 12.0 Å². The predicted octanol–water partition coefficient (Wildman–Crippen LogP) is 7.22. The van der Waals surface area contributed by atoms with Crippen LogP contribution in [0.15, 0.2) is 60.2 Å². The first kappa shape index (κ1) is 29.9. The first-order valence-corrected chi connectivity index (χ1v) is 14.4. The van der Waals surface area contributed by atoms with E-state index in [1.54, 1.807) is 11.8 Å². The van der Waals surface area contributed by atoms with Crippen LogP contribution in [0.5, 0.6) is 0 Å². The molecule has 0 aromatic heterocycles. The quantitative estimate of drug-likeness (QED) is 0.187. The standard InChI is InChI=1S/C32H43N3O4/c1-4-7-8-9-10-11-15-21-27(36)33-26-20-16-19-25(23-26)29-28(31(37)39-6-3)30(24-17-13-12-14-18-24)35(22-5-2)32(38)34-29/h12-14,16-20,23,29H,4-11,15,21-22H2,1-3H3,(H,33,36)(H,34,38). The molecule has 3 amide bonds. The second kappa shape index (κ2) is 15.7. The number of esters is 1. The van der Waals surface area contributed by atoms with Crippen molar-refractivity contribution < 1.29 is 19.1 Å². The highest BCUT2D eigenvalue weighted by Gasteiger charge is 2.38. The summed E-state index contributed by atoms with van der Waals surface area (Å²) >= 11 is 0. The predicted molar refractivity (Wildman–Crippen MR) is 156 cm³/mol. The van der Waals surface area contributed by atoms with Crippen LogP contribution in [0.3, 0.4) is 0 Å². The van der Waals surface area contributed by atoms with Crippen LogP contribution in [0.1, 0.15) is 95.7 Å². The Hall–Kier alpha value is -3.61. The molecule has 2 N–H and O–H groups in total. The summed E-state index contributed by atoms with van der Waals surface area (Å²) in [4.78, 5) is 41.0. The zero-order valence-electron chi connectivity index (χ0n) is 23.6. The third-order valence-electron chi connectivity index (χ3n) is 6.83. The van der Waals surface area contributed by atoms with Crippen molar-refractivity contribution in [3.8, 4) is 0 Å². The first-order valence-electron chi connectivity index (χ1n) is 14.4. The van der Waals surface area contributed by atoms with E-state index in [0.717, 1.165) is 31.2 Å². The van der Waals surface area contributed by atoms with Crippen molar-refractivity contribution in [3.63, 3.8) is 0 Å². The monoisotopic (exact) mass is 533 g/mol. The van der Waals surface area contributed by atoms with E-state index >= 15 is 0 Å². The topological polar surface area (TPSA) is 87.7 Å². The average Bonchev–Trinajstić information content (AvgIpc) is 2.94. The third-order valence-corrected chi connectivity index (χ3v) is 6.83. The van der Waals surface area contributed by atoms with Gasteiger partial charge in [0.05, 0.1) is 23.9 Å². The van der Waals surface area contributed by atoms with Gasteiger partial charge in [-0.05, 0) is 43.0 Å². The lowest BCUT2D eigenvalue weighted by Crippen LogP contribution is -2.48. The molecule has 39 heavy (non-hydrogen) atoms. The van der Waals surface area contributed by atoms with Crippen molar-refractivity contribution in [1.29, 1.82) is 0 Å². The highest BCUT2D eigenvalue weighted by atomic mass is 16.5. The Morgan fingerprint density at radius 3 is 2.31 bits per heavy atom. The summed E-state index contributed by atoms with van der Waals surface area (Å²) in [6.45, 7) is 6.64. The van der Waals surface area contributed by atoms with Crippen LogP contribution in [-0.2, 0) is 14.3 Å². The lowest BCUT2D eigenvalue weighted by atomic mass is 9.91. The number of ether oxygens (including phenoxy) is 1. The maximum atomic E-state index is 13.4. The lowest BCUT2D eigenvalue weighted by molar-refractivity contribution is -0.139. The minimum absolute atomic E-state index is 0.0337. The zero-order chi connectivity index (χ0) is 28.0. The number of carbonyl (C=O) groups is 3. The number of nitrogens with zero attached hydrogens (tertiary/aromatic N) is 1. The van der Waals surface area contributed by atoms with Gasteiger partial charge < -0.3 is 15.4 Å². The molecule has 0 aliphatic carbocycles. The Morgan fingerprint density at radius 1 is 0.897 bits per heavy atom. The first-order chi connectivity index (χ1) is 19.0. The molecule has 0 fully saturated rings. The number of rotatable bonds is 15. The molecule has 7 heteroatoms. The van der Waals surface area contributed by atoms with Crippen molar-refractivity contribution in [2.45, 2.75) is 84.6 Å². The van der Waals surface area contributed by atoms with Crippen LogP contribution in [0.2, 0.25) is 0 Å². The highest BCUT2D eigenvalue weighted by Crippen LogP contribution is 2.37. The van der Waals surface area contributed by atoms with E-state index in [9.17, 15) is 14.4 Å². The number of anilines is 1. The Balaban J connectivity index is 1.85. The van der Waals surface area contributed by atoms with Gasteiger partial charge in [0.2, 0.25) is 5.91 Å². The number of benzene rings is 2. The van der Waals surface area contributed by atoms with E-state index in [4.69, 9.17) is 4.74 Å². The molecule has 0 spiro atoms. The van der Waals surface area contributed by atoms with E-state index in [-0.39, 0.29) is 18.5 Å². The van der Waals surface area contributed by atoms with Crippen LogP contribution in [0.25, 0.3) is 5.70 Å². The number of unbranched alkanes of at least 4 members (excludes halogenated alkanes) is 6. The summed E-state index contributed by atoms with van der Waals surface area (Å²) < 4.78 is 5.48. The number of hydrogen-bond donors (Lipinski definition) is 2. The molecule has 1 atom stereocenters. The number of nitrogens with one attached hydrogen (secondary N) is 2. The molecule has 1 aliphatic heterocycles. The van der Waals surface area contributed by atoms with E-state index in [1.165, 1.54) is 25.7 Å². The normalized spacial score (nSPS) is 15.2. The molecule has 1 aliphatic rings. The van der Waals surface area contributed by atoms with Gasteiger partial charge in [-0.15, -0.1) is 0 Å². The number of amides is 3. The minimum atomic E-state index is -0.722. The van der Waals surface area contributed by atoms with E-state index < -0.39 is 12.0 Å². The van der Waals surface area contributed by atoms with Crippen molar-refractivity contribution >= 4 is 29.3 Å². The second-order valence-electron chi connectivity index (χ2n) is 9.93. The van der Waals surface area contributed by atoms with Crippen LogP contribution in [-0.4, -0.2) is 36.0 Å². The zero-order valence-corrected chi connectivity index (χ0v) is 23.6. The molecular weight excluding hydrogens is 490 g/mol. The Morgan fingerprint density at radius 2 is 1.62 bits per heavy atom. The number of urea groups is 1. The summed E-state index contributed by atoms with van der Waals surface area (Å²) in [6, 6.07) is 15.8. The lowest BCUT2D eigenvalue weighted by Gasteiger charge is -2.37. The summed E-state index contributed by atoms with van der Waals surface area (Å²) in [5.74, 6) is -0.510. The molecule has 2 aromatic rings. The van der Waals surface area contributed by atoms with Crippen LogP contribution in [0, 0.1) is 0 Å². The largest absolute Gasteiger partial charge is 0.463 e. The van der Waals surface area contributed by atoms with Crippen molar-refractivity contribution in [3.05, 3.63) is 71.3 Å². The fraction of sp³-hybridized carbons (Fsp3) is 0.469. The van der Waals surface area contributed by atoms with Gasteiger partial charge in [0.15, 0.2) is 0 Å². The average molecular weight is 534 g/mol. The maximum absolute atomic E-state index is 13.4. The summed E-state index contributed by atoms with van der Waals surface area (Å²) in [7, 11) is 0. The molecule has 1 heterocycles. The van der Waals surface area contributed by atoms with Gasteiger partial charge in [0.25, 0.3) is 0 Å². The van der Waals surface area contributed by atoms with Crippen LogP contribution < -0.4 is 10.6 Å². The molecule has 3 rings (SSSR count). The van der Waals surface area contributed by atoms with Gasteiger partial charge in [-0.2, -0.15) is 0 Å². The fourth-order valence-electron chi connectivity index (χ4n) is 4.94. The van der Waals surface area contributed by atoms with Crippen LogP contribution >= 0.6 is 0 Å². The minimum Gasteiger partial charge on any atom is -0.463 e. The second-order valence-corrected chi connectivity index (χ2v) is 9.93. The fourth-order valence-corrected chi connectivity index (χ4v) is 4.94. The van der Waals surface area contributed by atoms with E-state index in [0.29, 0.717) is 35.5 Å². The number of carbonyl (C=O) groups excluding carboxylic acids is 3. The summed E-state index contributed by atoms with van der Waals surface area (Å²) in [5, 5.41) is 6.01. The molecular formula is C32H43N3O4. The molecule has 1 unspecified atom stereocenters. The molecule has 2 aromatic carbocycles. The van der Waals surface area contributed by atoms with Crippen molar-refractivity contribution in [1.82, 2.24) is 10.2 Å².